The van der Waals surface area contributed by atoms with Crippen molar-refractivity contribution in [2.24, 2.45) is 0 Å². The van der Waals surface area contributed by atoms with Crippen molar-refractivity contribution in [1.82, 2.24) is 9.47 Å². The molecule has 0 radical (unpaired) electrons. The summed E-state index contributed by atoms with van der Waals surface area (Å²) >= 11 is 0. The van der Waals surface area contributed by atoms with E-state index in [9.17, 15) is 4.79 Å². The second-order valence-electron chi connectivity index (χ2n) is 7.05. The van der Waals surface area contributed by atoms with E-state index in [2.05, 4.69) is 42.2 Å². The van der Waals surface area contributed by atoms with Crippen LogP contribution in [0.4, 0.5) is 0 Å². The summed E-state index contributed by atoms with van der Waals surface area (Å²) in [7, 11) is 0. The number of hydrogen-bond donors (Lipinski definition) is 0. The summed E-state index contributed by atoms with van der Waals surface area (Å²) in [4.78, 5) is 14.6. The first-order chi connectivity index (χ1) is 12.2. The molecule has 0 N–H and O–H groups in total. The molecular weight excluding hydrogens is 388 g/mol. The minimum atomic E-state index is -0.00166. The molecule has 0 unspecified atom stereocenters. The van der Waals surface area contributed by atoms with Gasteiger partial charge in [-0.2, -0.15) is 0 Å². The van der Waals surface area contributed by atoms with Crippen LogP contribution in [0.5, 0.6) is 0 Å². The summed E-state index contributed by atoms with van der Waals surface area (Å²) < 4.78 is 1.68. The highest BCUT2D eigenvalue weighted by molar-refractivity contribution is 8.93. The molecule has 26 heavy (non-hydrogen) atoms. The van der Waals surface area contributed by atoms with Crippen molar-refractivity contribution >= 4 is 27.8 Å². The van der Waals surface area contributed by atoms with Crippen LogP contribution in [0, 0.1) is 0 Å². The molecule has 0 amide bonds. The lowest BCUT2D eigenvalue weighted by Gasteiger charge is -2.20. The van der Waals surface area contributed by atoms with Gasteiger partial charge < -0.3 is 4.90 Å². The van der Waals surface area contributed by atoms with E-state index in [4.69, 9.17) is 0 Å². The maximum absolute atomic E-state index is 12.0. The van der Waals surface area contributed by atoms with Crippen LogP contribution in [-0.4, -0.2) is 28.6 Å². The maximum Gasteiger partial charge on any atom is 0.255 e. The molecular formula is C22H25BrN2O. The predicted molar refractivity (Wildman–Crippen MR) is 114 cm³/mol. The highest BCUT2D eigenvalue weighted by atomic mass is 79.9. The summed E-state index contributed by atoms with van der Waals surface area (Å²) in [5.41, 5.74) is 2.30. The van der Waals surface area contributed by atoms with Gasteiger partial charge in [0.25, 0.3) is 5.56 Å². The average Bonchev–Trinajstić information content (AvgIpc) is 3.05. The molecule has 3 aromatic rings. The average molecular weight is 413 g/mol. The number of rotatable bonds is 4. The zero-order valence-corrected chi connectivity index (χ0v) is 16.8. The van der Waals surface area contributed by atoms with Gasteiger partial charge in [-0.1, -0.05) is 30.3 Å². The number of fused-ring (bicyclic) bond motifs is 1. The second kappa shape index (κ2) is 8.19. The topological polar surface area (TPSA) is 25.2 Å². The molecule has 2 aromatic carbocycles. The fourth-order valence-electron chi connectivity index (χ4n) is 3.83. The van der Waals surface area contributed by atoms with E-state index in [-0.39, 0.29) is 22.5 Å². The number of hydrogen-bond acceptors (Lipinski definition) is 2. The standard InChI is InChI=1S/C22H24N2O.BrH/c1-17-5-4-12-23(17)14-11-18-7-8-20-16-21(10-9-19(20)15-18)24-13-3-2-6-22(24)25;/h2-3,6-10,13,15-17H,4-5,11-12,14H2,1H3;1H/t17-;/m1./s1. The van der Waals surface area contributed by atoms with Gasteiger partial charge in [-0.15, -0.1) is 17.0 Å². The fraction of sp³-hybridized carbons (Fsp3) is 0.318. The van der Waals surface area contributed by atoms with Crippen LogP contribution in [0.1, 0.15) is 25.3 Å². The second-order valence-corrected chi connectivity index (χ2v) is 7.05. The number of aromatic nitrogens is 1. The van der Waals surface area contributed by atoms with Crippen molar-refractivity contribution in [3.8, 4) is 5.69 Å². The Labute approximate surface area is 165 Å². The van der Waals surface area contributed by atoms with Gasteiger partial charge in [0.1, 0.15) is 0 Å². The Bertz CT molecular complexity index is 950. The van der Waals surface area contributed by atoms with Crippen LogP contribution in [0.25, 0.3) is 16.5 Å². The minimum Gasteiger partial charge on any atom is -0.300 e. The summed E-state index contributed by atoms with van der Waals surface area (Å²) in [5.74, 6) is 0. The first-order valence-corrected chi connectivity index (χ1v) is 9.15. The monoisotopic (exact) mass is 412 g/mol. The predicted octanol–water partition coefficient (Wildman–Crippen LogP) is 4.60. The normalized spacial score (nSPS) is 17.3. The van der Waals surface area contributed by atoms with E-state index in [1.54, 1.807) is 16.7 Å². The molecule has 1 aliphatic heterocycles. The summed E-state index contributed by atoms with van der Waals surface area (Å²) in [5, 5.41) is 2.41. The van der Waals surface area contributed by atoms with Gasteiger partial charge in [0.15, 0.2) is 0 Å². The Kier molecular flexibility index (Phi) is 5.94. The highest BCUT2D eigenvalue weighted by Gasteiger charge is 2.19. The van der Waals surface area contributed by atoms with Crippen molar-refractivity contribution in [2.75, 3.05) is 13.1 Å². The quantitative estimate of drug-likeness (QED) is 0.625. The molecule has 0 saturated carbocycles. The van der Waals surface area contributed by atoms with Crippen molar-refractivity contribution in [3.05, 3.63) is 76.7 Å². The highest BCUT2D eigenvalue weighted by Crippen LogP contribution is 2.21. The van der Waals surface area contributed by atoms with Crippen molar-refractivity contribution in [1.29, 1.82) is 0 Å². The molecule has 4 heteroatoms. The van der Waals surface area contributed by atoms with E-state index >= 15 is 0 Å². The molecule has 136 valence electrons. The van der Waals surface area contributed by atoms with E-state index in [1.807, 2.05) is 18.3 Å². The molecule has 1 aromatic heterocycles. The maximum atomic E-state index is 12.0. The fourth-order valence-corrected chi connectivity index (χ4v) is 3.83. The molecule has 1 fully saturated rings. The van der Waals surface area contributed by atoms with E-state index in [0.717, 1.165) is 24.7 Å². The first kappa shape index (κ1) is 18.9. The third kappa shape index (κ3) is 3.92. The molecule has 1 atom stereocenters. The van der Waals surface area contributed by atoms with Gasteiger partial charge in [-0.25, -0.2) is 0 Å². The third-order valence-corrected chi connectivity index (χ3v) is 5.37. The van der Waals surface area contributed by atoms with Gasteiger partial charge in [-0.05, 0) is 67.3 Å². The molecule has 0 aliphatic carbocycles. The van der Waals surface area contributed by atoms with Crippen molar-refractivity contribution in [3.63, 3.8) is 0 Å². The Morgan fingerprint density at radius 2 is 1.85 bits per heavy atom. The number of halogens is 1. The zero-order valence-electron chi connectivity index (χ0n) is 15.1. The number of nitrogens with zero attached hydrogens (tertiary/aromatic N) is 2. The molecule has 3 nitrogen and oxygen atoms in total. The number of likely N-dealkylation sites (tertiary alicyclic amines) is 1. The van der Waals surface area contributed by atoms with E-state index in [1.165, 1.54) is 35.7 Å². The first-order valence-electron chi connectivity index (χ1n) is 9.15. The lowest BCUT2D eigenvalue weighted by molar-refractivity contribution is 0.272. The number of pyridine rings is 1. The van der Waals surface area contributed by atoms with Gasteiger partial charge in [-0.3, -0.25) is 9.36 Å². The third-order valence-electron chi connectivity index (χ3n) is 5.37. The summed E-state index contributed by atoms with van der Waals surface area (Å²) in [6.45, 7) is 4.72. The summed E-state index contributed by atoms with van der Waals surface area (Å²) in [6.07, 6.45) is 5.58. The lowest BCUT2D eigenvalue weighted by Crippen LogP contribution is -2.28. The molecule has 2 heterocycles. The minimum absolute atomic E-state index is 0. The summed E-state index contributed by atoms with van der Waals surface area (Å²) in [6, 6.07) is 18.9. The van der Waals surface area contributed by atoms with E-state index in [0.29, 0.717) is 0 Å². The van der Waals surface area contributed by atoms with Crippen LogP contribution in [0.15, 0.2) is 65.6 Å². The number of benzene rings is 2. The van der Waals surface area contributed by atoms with Crippen LogP contribution < -0.4 is 5.56 Å². The zero-order chi connectivity index (χ0) is 17.2. The smallest absolute Gasteiger partial charge is 0.255 e. The molecule has 4 rings (SSSR count). The van der Waals surface area contributed by atoms with Crippen molar-refractivity contribution in [2.45, 2.75) is 32.2 Å². The van der Waals surface area contributed by atoms with Gasteiger partial charge in [0.05, 0.1) is 0 Å². The van der Waals surface area contributed by atoms with Gasteiger partial charge in [0, 0.05) is 30.5 Å². The van der Waals surface area contributed by atoms with Gasteiger partial charge >= 0.3 is 0 Å². The Balaban J connectivity index is 0.00000196. The molecule has 0 bridgehead atoms. The van der Waals surface area contributed by atoms with E-state index < -0.39 is 0 Å². The Morgan fingerprint density at radius 1 is 1.04 bits per heavy atom. The largest absolute Gasteiger partial charge is 0.300 e. The Hall–Kier alpha value is -1.91. The van der Waals surface area contributed by atoms with Crippen LogP contribution in [0.2, 0.25) is 0 Å². The van der Waals surface area contributed by atoms with Crippen LogP contribution in [-0.2, 0) is 6.42 Å². The van der Waals surface area contributed by atoms with Crippen LogP contribution in [0.3, 0.4) is 0 Å². The SMILES string of the molecule is Br.C[C@@H]1CCCN1CCc1ccc2cc(-n3ccccc3=O)ccc2c1. The van der Waals surface area contributed by atoms with Gasteiger partial charge in [0.2, 0.25) is 0 Å². The molecule has 1 saturated heterocycles. The Morgan fingerprint density at radius 3 is 2.62 bits per heavy atom. The van der Waals surface area contributed by atoms with Crippen LogP contribution >= 0.6 is 17.0 Å². The molecule has 1 aliphatic rings. The van der Waals surface area contributed by atoms with Crippen molar-refractivity contribution < 1.29 is 0 Å². The lowest BCUT2D eigenvalue weighted by atomic mass is 10.0. The molecule has 0 spiro atoms.